The van der Waals surface area contributed by atoms with Crippen LogP contribution in [-0.2, 0) is 21.4 Å². The van der Waals surface area contributed by atoms with Gasteiger partial charge in [0.05, 0.1) is 6.42 Å². The van der Waals surface area contributed by atoms with Crippen LogP contribution in [0.4, 0.5) is 0 Å². The van der Waals surface area contributed by atoms with Gasteiger partial charge in [-0.1, -0.05) is 63.8 Å². The number of carboxylic acids is 1. The lowest BCUT2D eigenvalue weighted by atomic mass is 9.68. The third kappa shape index (κ3) is 4.85. The number of hydrogen-bond donors (Lipinski definition) is 1. The predicted molar refractivity (Wildman–Crippen MR) is 116 cm³/mol. The first kappa shape index (κ1) is 21.9. The molecule has 0 spiro atoms. The van der Waals surface area contributed by atoms with E-state index < -0.39 is 11.4 Å². The summed E-state index contributed by atoms with van der Waals surface area (Å²) >= 11 is 6.65. The molecule has 1 aliphatic carbocycles. The highest BCUT2D eigenvalue weighted by atomic mass is 35.5. The summed E-state index contributed by atoms with van der Waals surface area (Å²) in [7, 11) is 0. The zero-order valence-electron chi connectivity index (χ0n) is 17.7. The number of halogens is 1. The van der Waals surface area contributed by atoms with E-state index in [1.165, 1.54) is 31.2 Å². The summed E-state index contributed by atoms with van der Waals surface area (Å²) < 4.78 is 0. The number of carbonyl (C=O) groups excluding carboxylic acids is 1. The van der Waals surface area contributed by atoms with E-state index in [-0.39, 0.29) is 24.8 Å². The number of amides is 1. The van der Waals surface area contributed by atoms with Gasteiger partial charge >= 0.3 is 5.97 Å². The Morgan fingerprint density at radius 3 is 2.62 bits per heavy atom. The van der Waals surface area contributed by atoms with Gasteiger partial charge in [-0.05, 0) is 47.4 Å². The molecule has 0 bridgehead atoms. The Balaban J connectivity index is 1.84. The molecule has 1 atom stereocenters. The monoisotopic (exact) mass is 417 g/mol. The average molecular weight is 418 g/mol. The summed E-state index contributed by atoms with van der Waals surface area (Å²) in [5, 5.41) is 9.75. The van der Waals surface area contributed by atoms with Crippen molar-refractivity contribution in [2.75, 3.05) is 6.54 Å². The number of hydrogen-bond acceptors (Lipinski definition) is 2. The highest BCUT2D eigenvalue weighted by Gasteiger charge is 2.40. The van der Waals surface area contributed by atoms with Gasteiger partial charge in [0.2, 0.25) is 5.91 Å². The second-order valence-corrected chi connectivity index (χ2v) is 9.53. The topological polar surface area (TPSA) is 57.6 Å². The molecule has 1 amide bonds. The molecule has 158 valence electrons. The fourth-order valence-electron chi connectivity index (χ4n) is 4.58. The molecule has 0 aromatic heterocycles. The van der Waals surface area contributed by atoms with Crippen molar-refractivity contribution in [1.29, 1.82) is 0 Å². The number of allylic oxidation sites excluding steroid dienone is 1. The average Bonchev–Trinajstić information content (AvgIpc) is 2.60. The van der Waals surface area contributed by atoms with Crippen molar-refractivity contribution in [3.8, 4) is 0 Å². The summed E-state index contributed by atoms with van der Waals surface area (Å²) in [5.41, 5.74) is 2.95. The smallest absolute Gasteiger partial charge is 0.305 e. The normalized spacial score (nSPS) is 22.6. The van der Waals surface area contributed by atoms with Crippen molar-refractivity contribution in [3.63, 3.8) is 0 Å². The minimum atomic E-state index is -0.894. The Morgan fingerprint density at radius 1 is 1.34 bits per heavy atom. The Bertz CT molecular complexity index is 812. The third-order valence-corrected chi connectivity index (χ3v) is 7.03. The quantitative estimate of drug-likeness (QED) is 0.600. The summed E-state index contributed by atoms with van der Waals surface area (Å²) in [6.07, 6.45) is 8.41. The van der Waals surface area contributed by atoms with Crippen molar-refractivity contribution in [1.82, 2.24) is 4.90 Å². The second-order valence-electron chi connectivity index (χ2n) is 9.12. The highest BCUT2D eigenvalue weighted by Crippen LogP contribution is 2.44. The standard InChI is InChI=1S/C24H32ClNO3/c1-16(2)20-15-26(12-11-23(28)29)22(27)14-24(20,3)19-10-9-18(21(25)13-19)8-7-17-5-4-6-17/h9-10,13,15-17H,4-8,11-12,14H2,1-3H3,(H,28,29)/t24-/m1/s1. The molecule has 1 saturated carbocycles. The van der Waals surface area contributed by atoms with E-state index >= 15 is 0 Å². The van der Waals surface area contributed by atoms with E-state index in [0.29, 0.717) is 6.42 Å². The van der Waals surface area contributed by atoms with Crippen LogP contribution in [0.1, 0.15) is 70.4 Å². The maximum Gasteiger partial charge on any atom is 0.305 e. The lowest BCUT2D eigenvalue weighted by Gasteiger charge is -2.41. The molecular weight excluding hydrogens is 386 g/mol. The van der Waals surface area contributed by atoms with Gasteiger partial charge < -0.3 is 10.0 Å². The predicted octanol–water partition coefficient (Wildman–Crippen LogP) is 5.58. The molecule has 0 saturated heterocycles. The molecular formula is C24H32ClNO3. The lowest BCUT2D eigenvalue weighted by Crippen LogP contribution is -2.42. The van der Waals surface area contributed by atoms with Crippen LogP contribution < -0.4 is 0 Å². The first-order chi connectivity index (χ1) is 13.7. The number of carboxylic acid groups (broad SMARTS) is 1. The fraction of sp³-hybridized carbons (Fsp3) is 0.583. The molecule has 1 aromatic carbocycles. The second kappa shape index (κ2) is 8.91. The molecule has 5 heteroatoms. The van der Waals surface area contributed by atoms with E-state index in [2.05, 4.69) is 32.9 Å². The van der Waals surface area contributed by atoms with Crippen molar-refractivity contribution in [2.24, 2.45) is 11.8 Å². The van der Waals surface area contributed by atoms with Gasteiger partial charge in [-0.3, -0.25) is 9.59 Å². The van der Waals surface area contributed by atoms with Crippen LogP contribution in [0.25, 0.3) is 0 Å². The zero-order chi connectivity index (χ0) is 21.2. The van der Waals surface area contributed by atoms with Crippen molar-refractivity contribution in [3.05, 3.63) is 46.1 Å². The first-order valence-electron chi connectivity index (χ1n) is 10.7. The van der Waals surface area contributed by atoms with Gasteiger partial charge in [-0.15, -0.1) is 0 Å². The lowest BCUT2D eigenvalue weighted by molar-refractivity contribution is -0.138. The van der Waals surface area contributed by atoms with Crippen LogP contribution >= 0.6 is 11.6 Å². The van der Waals surface area contributed by atoms with E-state index in [1.807, 2.05) is 12.3 Å². The van der Waals surface area contributed by atoms with Gasteiger partial charge in [0.25, 0.3) is 0 Å². The van der Waals surface area contributed by atoms with Crippen LogP contribution in [0.2, 0.25) is 5.02 Å². The molecule has 1 aromatic rings. The Labute approximate surface area is 178 Å². The summed E-state index contributed by atoms with van der Waals surface area (Å²) in [4.78, 5) is 25.3. The number of nitrogens with zero attached hydrogens (tertiary/aromatic N) is 1. The van der Waals surface area contributed by atoms with E-state index in [0.717, 1.165) is 28.5 Å². The van der Waals surface area contributed by atoms with Crippen LogP contribution in [0.15, 0.2) is 30.0 Å². The van der Waals surface area contributed by atoms with Crippen molar-refractivity contribution < 1.29 is 14.7 Å². The van der Waals surface area contributed by atoms with Crippen LogP contribution in [0, 0.1) is 11.8 Å². The van der Waals surface area contributed by atoms with Gasteiger partial charge in [0.15, 0.2) is 0 Å². The molecule has 2 aliphatic rings. The summed E-state index contributed by atoms with van der Waals surface area (Å²) in [6.45, 7) is 6.54. The molecule has 1 fully saturated rings. The Hall–Kier alpha value is -1.81. The Morgan fingerprint density at radius 2 is 2.07 bits per heavy atom. The third-order valence-electron chi connectivity index (χ3n) is 6.68. The molecule has 4 nitrogen and oxygen atoms in total. The molecule has 0 unspecified atom stereocenters. The fourth-order valence-corrected chi connectivity index (χ4v) is 4.86. The number of aliphatic carboxylic acids is 1. The van der Waals surface area contributed by atoms with E-state index in [1.54, 1.807) is 4.90 Å². The molecule has 1 N–H and O–H groups in total. The number of benzene rings is 1. The minimum absolute atomic E-state index is 0.0386. The maximum atomic E-state index is 12.8. The van der Waals surface area contributed by atoms with Crippen molar-refractivity contribution >= 4 is 23.5 Å². The minimum Gasteiger partial charge on any atom is -0.481 e. The van der Waals surface area contributed by atoms with Gasteiger partial charge in [-0.25, -0.2) is 0 Å². The molecule has 0 radical (unpaired) electrons. The molecule has 3 rings (SSSR count). The number of aryl methyl sites for hydroxylation is 1. The number of carbonyl (C=O) groups is 2. The highest BCUT2D eigenvalue weighted by molar-refractivity contribution is 6.31. The van der Waals surface area contributed by atoms with Gasteiger partial charge in [0.1, 0.15) is 0 Å². The number of rotatable bonds is 8. The SMILES string of the molecule is CC(C)C1=CN(CCC(=O)O)C(=O)C[C@]1(C)c1ccc(CCC2CCC2)c(Cl)c1. The molecule has 1 heterocycles. The van der Waals surface area contributed by atoms with E-state index in [9.17, 15) is 9.59 Å². The van der Waals surface area contributed by atoms with Crippen LogP contribution in [0.5, 0.6) is 0 Å². The van der Waals surface area contributed by atoms with Gasteiger partial charge in [0, 0.05) is 29.6 Å². The van der Waals surface area contributed by atoms with Crippen molar-refractivity contribution in [2.45, 2.75) is 71.1 Å². The van der Waals surface area contributed by atoms with Gasteiger partial charge in [-0.2, -0.15) is 0 Å². The van der Waals surface area contributed by atoms with Crippen LogP contribution in [-0.4, -0.2) is 28.4 Å². The molecule has 29 heavy (non-hydrogen) atoms. The summed E-state index contributed by atoms with van der Waals surface area (Å²) in [6, 6.07) is 6.28. The first-order valence-corrected chi connectivity index (χ1v) is 11.1. The summed E-state index contributed by atoms with van der Waals surface area (Å²) in [5.74, 6) is 0.155. The molecule has 1 aliphatic heterocycles. The largest absolute Gasteiger partial charge is 0.481 e. The van der Waals surface area contributed by atoms with Crippen LogP contribution in [0.3, 0.4) is 0 Å². The zero-order valence-corrected chi connectivity index (χ0v) is 18.5. The maximum absolute atomic E-state index is 12.8. The van der Waals surface area contributed by atoms with E-state index in [4.69, 9.17) is 16.7 Å². The Kier molecular flexibility index (Phi) is 6.72.